The molecule has 0 aromatic heterocycles. The van der Waals surface area contributed by atoms with Crippen LogP contribution in [0.2, 0.25) is 0 Å². The van der Waals surface area contributed by atoms with Gasteiger partial charge in [0.15, 0.2) is 5.25 Å². The van der Waals surface area contributed by atoms with Crippen LogP contribution in [0.1, 0.15) is 13.8 Å². The number of carbonyl (C=O) groups is 1. The van der Waals surface area contributed by atoms with E-state index in [9.17, 15) is 13.2 Å². The third kappa shape index (κ3) is 4.20. The molecule has 0 aromatic rings. The van der Waals surface area contributed by atoms with Gasteiger partial charge in [0.05, 0.1) is 12.7 Å². The van der Waals surface area contributed by atoms with Crippen LogP contribution in [0, 0.1) is 11.3 Å². The van der Waals surface area contributed by atoms with Gasteiger partial charge >= 0.3 is 5.97 Å². The molecule has 0 aromatic carbocycles. The molecule has 1 unspecified atom stereocenters. The number of carbonyl (C=O) groups excluding carboxylic acids is 1. The number of nitrogens with one attached hydrogen (secondary N) is 1. The van der Waals surface area contributed by atoms with Crippen LogP contribution in [0.5, 0.6) is 0 Å². The molecule has 0 aliphatic rings. The molecule has 0 bridgehead atoms. The van der Waals surface area contributed by atoms with Crippen LogP contribution in [0.4, 0.5) is 0 Å². The van der Waals surface area contributed by atoms with Crippen LogP contribution in [0.3, 0.4) is 0 Å². The van der Waals surface area contributed by atoms with Gasteiger partial charge in [-0.15, -0.1) is 0 Å². The number of ether oxygens (including phenoxy) is 1. The molecule has 0 saturated carbocycles. The third-order valence-electron chi connectivity index (χ3n) is 1.37. The number of rotatable bonds is 5. The van der Waals surface area contributed by atoms with E-state index in [0.717, 1.165) is 0 Å². The summed E-state index contributed by atoms with van der Waals surface area (Å²) >= 11 is 0. The highest BCUT2D eigenvalue weighted by molar-refractivity contribution is 7.90. The maximum absolute atomic E-state index is 11.1. The highest BCUT2D eigenvalue weighted by Crippen LogP contribution is 1.95. The van der Waals surface area contributed by atoms with E-state index in [1.807, 2.05) is 4.72 Å². The van der Waals surface area contributed by atoms with Crippen molar-refractivity contribution in [2.45, 2.75) is 19.1 Å². The van der Waals surface area contributed by atoms with Gasteiger partial charge in [-0.2, -0.15) is 5.26 Å². The smallest absolute Gasteiger partial charge is 0.320 e. The molecule has 6 nitrogen and oxygen atoms in total. The predicted octanol–water partition coefficient (Wildman–Crippen LogP) is -0.619. The number of esters is 1. The Labute approximate surface area is 82.9 Å². The first-order valence-corrected chi connectivity index (χ1v) is 5.52. The van der Waals surface area contributed by atoms with Crippen molar-refractivity contribution in [3.8, 4) is 6.07 Å². The normalized spacial score (nSPS) is 12.9. The molecule has 1 atom stereocenters. The molecular weight excluding hydrogens is 208 g/mol. The Morgan fingerprint density at radius 1 is 1.64 bits per heavy atom. The molecule has 7 heteroatoms. The zero-order valence-electron chi connectivity index (χ0n) is 7.98. The lowest BCUT2D eigenvalue weighted by atomic mass is 10.5. The van der Waals surface area contributed by atoms with Gasteiger partial charge in [-0.3, -0.25) is 4.79 Å². The fraction of sp³-hybridized carbons (Fsp3) is 0.714. The molecule has 0 amide bonds. The van der Waals surface area contributed by atoms with Crippen LogP contribution in [0.15, 0.2) is 0 Å². The number of hydrogen-bond donors (Lipinski definition) is 1. The summed E-state index contributed by atoms with van der Waals surface area (Å²) in [6, 6.07) is 1.56. The predicted molar refractivity (Wildman–Crippen MR) is 48.6 cm³/mol. The molecule has 14 heavy (non-hydrogen) atoms. The number of hydrogen-bond acceptors (Lipinski definition) is 5. The Hall–Kier alpha value is -1.13. The van der Waals surface area contributed by atoms with Crippen molar-refractivity contribution in [2.75, 3.05) is 13.2 Å². The second kappa shape index (κ2) is 5.57. The lowest BCUT2D eigenvalue weighted by Crippen LogP contribution is -2.36. The molecule has 0 spiro atoms. The first-order valence-electron chi connectivity index (χ1n) is 3.97. The Morgan fingerprint density at radius 3 is 2.64 bits per heavy atom. The lowest BCUT2D eigenvalue weighted by Gasteiger charge is -2.06. The van der Waals surface area contributed by atoms with E-state index in [4.69, 9.17) is 5.26 Å². The topological polar surface area (TPSA) is 96.3 Å². The molecule has 80 valence electrons. The zero-order valence-corrected chi connectivity index (χ0v) is 8.80. The molecule has 0 aliphatic carbocycles. The third-order valence-corrected chi connectivity index (χ3v) is 2.95. The fourth-order valence-corrected chi connectivity index (χ4v) is 1.27. The zero-order chi connectivity index (χ0) is 11.2. The van der Waals surface area contributed by atoms with Gasteiger partial charge < -0.3 is 4.74 Å². The van der Waals surface area contributed by atoms with Crippen LogP contribution in [-0.2, 0) is 19.6 Å². The van der Waals surface area contributed by atoms with E-state index < -0.39 is 27.8 Å². The molecule has 1 N–H and O–H groups in total. The van der Waals surface area contributed by atoms with Crippen LogP contribution in [-0.4, -0.2) is 32.8 Å². The molecule has 0 rings (SSSR count). The highest BCUT2D eigenvalue weighted by Gasteiger charge is 2.20. The lowest BCUT2D eigenvalue weighted by molar-refractivity contribution is -0.141. The summed E-state index contributed by atoms with van der Waals surface area (Å²) in [4.78, 5) is 10.8. The van der Waals surface area contributed by atoms with Crippen LogP contribution >= 0.6 is 0 Å². The van der Waals surface area contributed by atoms with Gasteiger partial charge in [0.2, 0.25) is 10.0 Å². The summed E-state index contributed by atoms with van der Waals surface area (Å²) in [5.74, 6) is -0.666. The molecule has 0 aliphatic heterocycles. The first kappa shape index (κ1) is 12.9. The average molecular weight is 220 g/mol. The Morgan fingerprint density at radius 2 is 2.21 bits per heavy atom. The van der Waals surface area contributed by atoms with Gasteiger partial charge in [0.25, 0.3) is 0 Å². The summed E-state index contributed by atoms with van der Waals surface area (Å²) in [7, 11) is -3.74. The van der Waals surface area contributed by atoms with Gasteiger partial charge in [0.1, 0.15) is 6.54 Å². The molecule has 0 heterocycles. The van der Waals surface area contributed by atoms with E-state index in [2.05, 4.69) is 4.74 Å². The number of sulfonamides is 1. The number of nitrogens with zero attached hydrogens (tertiary/aromatic N) is 1. The maximum atomic E-state index is 11.1. The first-order chi connectivity index (χ1) is 6.44. The monoisotopic (exact) mass is 220 g/mol. The Bertz CT molecular complexity index is 330. The summed E-state index contributed by atoms with van der Waals surface area (Å²) < 4.78 is 28.7. The van der Waals surface area contributed by atoms with E-state index in [-0.39, 0.29) is 6.61 Å². The van der Waals surface area contributed by atoms with E-state index >= 15 is 0 Å². The molecular formula is C7H12N2O4S. The van der Waals surface area contributed by atoms with Crippen molar-refractivity contribution in [2.24, 2.45) is 0 Å². The average Bonchev–Trinajstić information content (AvgIpc) is 2.14. The van der Waals surface area contributed by atoms with Gasteiger partial charge in [-0.25, -0.2) is 13.1 Å². The number of nitriles is 1. The standard InChI is InChI=1S/C7H12N2O4S/c1-3-13-7(10)5-9-14(11,12)6(2)4-8/h6,9H,3,5H2,1-2H3. The van der Waals surface area contributed by atoms with Crippen molar-refractivity contribution < 1.29 is 17.9 Å². The van der Waals surface area contributed by atoms with Crippen molar-refractivity contribution in [1.29, 1.82) is 5.26 Å². The van der Waals surface area contributed by atoms with Crippen molar-refractivity contribution in [1.82, 2.24) is 4.72 Å². The fourth-order valence-electron chi connectivity index (χ4n) is 0.566. The summed E-state index contributed by atoms with van der Waals surface area (Å²) in [6.45, 7) is 2.59. The highest BCUT2D eigenvalue weighted by atomic mass is 32.2. The van der Waals surface area contributed by atoms with E-state index in [0.29, 0.717) is 0 Å². The molecule has 0 radical (unpaired) electrons. The van der Waals surface area contributed by atoms with E-state index in [1.54, 1.807) is 13.0 Å². The maximum Gasteiger partial charge on any atom is 0.320 e. The van der Waals surface area contributed by atoms with Gasteiger partial charge in [0, 0.05) is 0 Å². The summed E-state index contributed by atoms with van der Waals surface area (Å²) in [5, 5.41) is 7.17. The van der Waals surface area contributed by atoms with Gasteiger partial charge in [-0.1, -0.05) is 0 Å². The Kier molecular flexibility index (Phi) is 5.12. The van der Waals surface area contributed by atoms with Crippen molar-refractivity contribution in [3.63, 3.8) is 0 Å². The quantitative estimate of drug-likeness (QED) is 0.623. The van der Waals surface area contributed by atoms with Gasteiger partial charge in [-0.05, 0) is 13.8 Å². The molecule has 0 saturated heterocycles. The summed E-state index contributed by atoms with van der Waals surface area (Å²) in [6.07, 6.45) is 0. The summed E-state index contributed by atoms with van der Waals surface area (Å²) in [5.41, 5.74) is 0. The minimum atomic E-state index is -3.74. The van der Waals surface area contributed by atoms with Crippen molar-refractivity contribution >= 4 is 16.0 Å². The van der Waals surface area contributed by atoms with Crippen molar-refractivity contribution in [3.05, 3.63) is 0 Å². The Balaban J connectivity index is 4.15. The van der Waals surface area contributed by atoms with Crippen LogP contribution < -0.4 is 4.72 Å². The van der Waals surface area contributed by atoms with Crippen LogP contribution in [0.25, 0.3) is 0 Å². The second-order valence-corrected chi connectivity index (χ2v) is 4.53. The minimum Gasteiger partial charge on any atom is -0.465 e. The van der Waals surface area contributed by atoms with E-state index in [1.165, 1.54) is 6.92 Å². The second-order valence-electron chi connectivity index (χ2n) is 2.44. The molecule has 0 fully saturated rings. The SMILES string of the molecule is CCOC(=O)CNS(=O)(=O)C(C)C#N. The minimum absolute atomic E-state index is 0.189. The largest absolute Gasteiger partial charge is 0.465 e.